The van der Waals surface area contributed by atoms with E-state index in [4.69, 9.17) is 0 Å². The van der Waals surface area contributed by atoms with Gasteiger partial charge in [0.15, 0.2) is 0 Å². The number of carbonyl (C=O) groups is 2. The molecule has 0 radical (unpaired) electrons. The molecule has 0 N–H and O–H groups in total. The number of carbonyl (C=O) groups excluding carboxylic acids is 2. The Morgan fingerprint density at radius 3 is 2.39 bits per heavy atom. The van der Waals surface area contributed by atoms with Crippen molar-refractivity contribution in [2.24, 2.45) is 0 Å². The summed E-state index contributed by atoms with van der Waals surface area (Å²) in [6.07, 6.45) is 0.534. The summed E-state index contributed by atoms with van der Waals surface area (Å²) in [4.78, 5) is 28.1. The molecule has 1 aliphatic rings. The molecule has 0 spiro atoms. The van der Waals surface area contributed by atoms with Crippen molar-refractivity contribution >= 4 is 39.1 Å². The van der Waals surface area contributed by atoms with Crippen LogP contribution < -0.4 is 0 Å². The first-order chi connectivity index (χ1) is 8.61. The summed E-state index contributed by atoms with van der Waals surface area (Å²) in [6, 6.07) is 1.84. The zero-order chi connectivity index (χ0) is 13.1. The highest BCUT2D eigenvalue weighted by Crippen LogP contribution is 2.21. The van der Waals surface area contributed by atoms with Gasteiger partial charge in [-0.2, -0.15) is 0 Å². The van der Waals surface area contributed by atoms with Gasteiger partial charge in [0, 0.05) is 42.5 Å². The van der Waals surface area contributed by atoms with E-state index in [1.165, 1.54) is 11.3 Å². The summed E-state index contributed by atoms with van der Waals surface area (Å²) in [6.45, 7) is 4.40. The third-order valence-corrected chi connectivity index (χ3v) is 4.68. The standard InChI is InChI=1S/C12H15BrN2O2S/c1-2-11(16)14-3-5-15(6-4-14)12(17)10-7-9(13)8-18-10/h7-8H,2-6H2,1H3. The van der Waals surface area contributed by atoms with Gasteiger partial charge in [-0.3, -0.25) is 9.59 Å². The Morgan fingerprint density at radius 1 is 1.28 bits per heavy atom. The topological polar surface area (TPSA) is 40.6 Å². The lowest BCUT2D eigenvalue weighted by Crippen LogP contribution is -2.50. The number of nitrogens with zero attached hydrogens (tertiary/aromatic N) is 2. The largest absolute Gasteiger partial charge is 0.339 e. The highest BCUT2D eigenvalue weighted by atomic mass is 79.9. The Balaban J connectivity index is 1.94. The van der Waals surface area contributed by atoms with Gasteiger partial charge >= 0.3 is 0 Å². The molecule has 18 heavy (non-hydrogen) atoms. The van der Waals surface area contributed by atoms with Crippen LogP contribution in [0.5, 0.6) is 0 Å². The fraction of sp³-hybridized carbons (Fsp3) is 0.500. The van der Waals surface area contributed by atoms with E-state index in [2.05, 4.69) is 15.9 Å². The summed E-state index contributed by atoms with van der Waals surface area (Å²) in [5.74, 6) is 0.232. The van der Waals surface area contributed by atoms with Crippen LogP contribution in [0.3, 0.4) is 0 Å². The highest BCUT2D eigenvalue weighted by Gasteiger charge is 2.24. The lowest BCUT2D eigenvalue weighted by molar-refractivity contribution is -0.132. The predicted octanol–water partition coefficient (Wildman–Crippen LogP) is 2.21. The molecule has 0 aliphatic carbocycles. The molecule has 2 heterocycles. The van der Waals surface area contributed by atoms with Gasteiger partial charge in [-0.15, -0.1) is 11.3 Å². The minimum Gasteiger partial charge on any atom is -0.339 e. The van der Waals surface area contributed by atoms with Crippen LogP contribution in [0.15, 0.2) is 15.9 Å². The smallest absolute Gasteiger partial charge is 0.264 e. The third-order valence-electron chi connectivity index (χ3n) is 3.00. The van der Waals surface area contributed by atoms with Gasteiger partial charge in [0.05, 0.1) is 4.88 Å². The summed E-state index contributed by atoms with van der Waals surface area (Å²) < 4.78 is 0.940. The summed E-state index contributed by atoms with van der Waals surface area (Å²) in [7, 11) is 0. The quantitative estimate of drug-likeness (QED) is 0.834. The van der Waals surface area contributed by atoms with Gasteiger partial charge in [-0.25, -0.2) is 0 Å². The van der Waals surface area contributed by atoms with E-state index in [0.29, 0.717) is 32.6 Å². The van der Waals surface area contributed by atoms with E-state index in [0.717, 1.165) is 9.35 Å². The van der Waals surface area contributed by atoms with Crippen LogP contribution in [0.4, 0.5) is 0 Å². The van der Waals surface area contributed by atoms with Crippen molar-refractivity contribution < 1.29 is 9.59 Å². The second kappa shape index (κ2) is 5.84. The Bertz CT molecular complexity index is 453. The summed E-state index contributed by atoms with van der Waals surface area (Å²) in [5, 5.41) is 1.91. The zero-order valence-electron chi connectivity index (χ0n) is 10.2. The van der Waals surface area contributed by atoms with Crippen LogP contribution in [0.2, 0.25) is 0 Å². The molecule has 1 saturated heterocycles. The molecular formula is C12H15BrN2O2S. The van der Waals surface area contributed by atoms with Crippen molar-refractivity contribution in [3.05, 3.63) is 20.8 Å². The first-order valence-corrected chi connectivity index (χ1v) is 7.60. The van der Waals surface area contributed by atoms with E-state index in [-0.39, 0.29) is 11.8 Å². The Hall–Kier alpha value is -0.880. The number of thiophene rings is 1. The summed E-state index contributed by atoms with van der Waals surface area (Å²) >= 11 is 4.79. The van der Waals surface area contributed by atoms with Gasteiger partial charge < -0.3 is 9.80 Å². The SMILES string of the molecule is CCC(=O)N1CCN(C(=O)c2cc(Br)cs2)CC1. The Kier molecular flexibility index (Phi) is 4.40. The van der Waals surface area contributed by atoms with Crippen LogP contribution in [0, 0.1) is 0 Å². The lowest BCUT2D eigenvalue weighted by atomic mass is 10.2. The Labute approximate surface area is 119 Å². The third kappa shape index (κ3) is 2.92. The van der Waals surface area contributed by atoms with E-state index in [1.54, 1.807) is 0 Å². The Morgan fingerprint density at radius 2 is 1.89 bits per heavy atom. The molecule has 0 aromatic carbocycles. The molecule has 0 atom stereocenters. The van der Waals surface area contributed by atoms with Gasteiger partial charge in [-0.1, -0.05) is 6.92 Å². The lowest BCUT2D eigenvalue weighted by Gasteiger charge is -2.34. The predicted molar refractivity (Wildman–Crippen MR) is 74.8 cm³/mol. The number of hydrogen-bond acceptors (Lipinski definition) is 3. The van der Waals surface area contributed by atoms with Crippen LogP contribution in [0.1, 0.15) is 23.0 Å². The fourth-order valence-corrected chi connectivity index (χ4v) is 3.36. The summed E-state index contributed by atoms with van der Waals surface area (Å²) in [5.41, 5.74) is 0. The number of hydrogen-bond donors (Lipinski definition) is 0. The molecule has 0 saturated carbocycles. The number of piperazine rings is 1. The monoisotopic (exact) mass is 330 g/mol. The van der Waals surface area contributed by atoms with Gasteiger partial charge in [-0.05, 0) is 22.0 Å². The van der Waals surface area contributed by atoms with Crippen molar-refractivity contribution in [2.45, 2.75) is 13.3 Å². The van der Waals surface area contributed by atoms with Gasteiger partial charge in [0.2, 0.25) is 5.91 Å². The highest BCUT2D eigenvalue weighted by molar-refractivity contribution is 9.10. The van der Waals surface area contributed by atoms with E-state index < -0.39 is 0 Å². The molecule has 98 valence electrons. The number of amides is 2. The maximum Gasteiger partial charge on any atom is 0.264 e. The average molecular weight is 331 g/mol. The molecule has 0 unspecified atom stereocenters. The minimum absolute atomic E-state index is 0.0642. The van der Waals surface area contributed by atoms with Crippen molar-refractivity contribution in [3.8, 4) is 0 Å². The number of halogens is 1. The molecule has 2 amide bonds. The van der Waals surface area contributed by atoms with Crippen LogP contribution in [-0.2, 0) is 4.79 Å². The van der Waals surface area contributed by atoms with Crippen LogP contribution in [-0.4, -0.2) is 47.8 Å². The molecule has 2 rings (SSSR count). The number of rotatable bonds is 2. The van der Waals surface area contributed by atoms with Gasteiger partial charge in [0.25, 0.3) is 5.91 Å². The fourth-order valence-electron chi connectivity index (χ4n) is 1.96. The van der Waals surface area contributed by atoms with E-state index in [9.17, 15) is 9.59 Å². The molecule has 1 aromatic heterocycles. The average Bonchev–Trinajstić information content (AvgIpc) is 2.84. The molecule has 1 fully saturated rings. The van der Waals surface area contributed by atoms with Crippen LogP contribution >= 0.6 is 27.3 Å². The maximum absolute atomic E-state index is 12.2. The first kappa shape index (κ1) is 13.5. The second-order valence-corrected chi connectivity index (χ2v) is 5.98. The van der Waals surface area contributed by atoms with Crippen molar-refractivity contribution in [1.29, 1.82) is 0 Å². The minimum atomic E-state index is 0.0642. The van der Waals surface area contributed by atoms with Crippen molar-refractivity contribution in [1.82, 2.24) is 9.80 Å². The molecule has 6 heteroatoms. The van der Waals surface area contributed by atoms with Gasteiger partial charge in [0.1, 0.15) is 0 Å². The molecule has 1 aliphatic heterocycles. The van der Waals surface area contributed by atoms with E-state index >= 15 is 0 Å². The van der Waals surface area contributed by atoms with E-state index in [1.807, 2.05) is 28.2 Å². The molecule has 1 aromatic rings. The molecular weight excluding hydrogens is 316 g/mol. The molecule has 0 bridgehead atoms. The van der Waals surface area contributed by atoms with Crippen molar-refractivity contribution in [2.75, 3.05) is 26.2 Å². The maximum atomic E-state index is 12.2. The van der Waals surface area contributed by atoms with Crippen LogP contribution in [0.25, 0.3) is 0 Å². The van der Waals surface area contributed by atoms with Crippen molar-refractivity contribution in [3.63, 3.8) is 0 Å². The normalized spacial score (nSPS) is 15.9. The first-order valence-electron chi connectivity index (χ1n) is 5.93. The second-order valence-electron chi connectivity index (χ2n) is 4.16. The molecule has 4 nitrogen and oxygen atoms in total. The zero-order valence-corrected chi connectivity index (χ0v) is 12.6.